The zero-order chi connectivity index (χ0) is 13.0. The first kappa shape index (κ1) is 12.7. The molecule has 2 aromatic carbocycles. The summed E-state index contributed by atoms with van der Waals surface area (Å²) in [5.41, 5.74) is 4.54. The Bertz CT molecular complexity index is 494. The lowest BCUT2D eigenvalue weighted by Crippen LogP contribution is -2.29. The number of hydrogen-bond acceptors (Lipinski definition) is 2. The minimum Gasteiger partial charge on any atom is -0.271 e. The molecule has 1 unspecified atom stereocenters. The Balaban J connectivity index is 2.14. The molecule has 0 radical (unpaired) electrons. The van der Waals surface area contributed by atoms with Gasteiger partial charge in [-0.15, -0.1) is 0 Å². The highest BCUT2D eigenvalue weighted by molar-refractivity contribution is 5.24. The summed E-state index contributed by atoms with van der Waals surface area (Å²) in [5.74, 6) is 4.96. The van der Waals surface area contributed by atoms with Gasteiger partial charge in [0, 0.05) is 6.04 Å². The van der Waals surface area contributed by atoms with Gasteiger partial charge < -0.3 is 0 Å². The van der Waals surface area contributed by atoms with Crippen LogP contribution in [0.25, 0.3) is 0 Å². The summed E-state index contributed by atoms with van der Waals surface area (Å²) in [6.07, 6.45) is 0.614. The van der Waals surface area contributed by atoms with Crippen LogP contribution in [-0.4, -0.2) is 0 Å². The first-order valence-electron chi connectivity index (χ1n) is 5.65. The van der Waals surface area contributed by atoms with E-state index < -0.39 is 0 Å². The summed E-state index contributed by atoms with van der Waals surface area (Å²) in [5, 5.41) is 0. The second-order valence-corrected chi connectivity index (χ2v) is 4.10. The predicted octanol–water partition coefficient (Wildman–Crippen LogP) is 2.71. The second kappa shape index (κ2) is 5.71. The maximum Gasteiger partial charge on any atom is 0.123 e. The van der Waals surface area contributed by atoms with E-state index in [0.29, 0.717) is 6.42 Å². The molecule has 2 nitrogen and oxygen atoms in total. The van der Waals surface area contributed by atoms with Gasteiger partial charge in [0.1, 0.15) is 11.6 Å². The van der Waals surface area contributed by atoms with Gasteiger partial charge in [0.2, 0.25) is 0 Å². The monoisotopic (exact) mass is 248 g/mol. The van der Waals surface area contributed by atoms with Crippen molar-refractivity contribution in [2.45, 2.75) is 12.5 Å². The van der Waals surface area contributed by atoms with Crippen LogP contribution in [0, 0.1) is 11.6 Å². The number of halogens is 2. The molecular weight excluding hydrogens is 234 g/mol. The number of nitrogens with one attached hydrogen (secondary N) is 1. The summed E-state index contributed by atoms with van der Waals surface area (Å²) >= 11 is 0. The van der Waals surface area contributed by atoms with Crippen LogP contribution in [-0.2, 0) is 6.42 Å². The van der Waals surface area contributed by atoms with Crippen LogP contribution in [0.3, 0.4) is 0 Å². The van der Waals surface area contributed by atoms with Crippen LogP contribution in [0.15, 0.2) is 48.5 Å². The third-order valence-corrected chi connectivity index (χ3v) is 2.83. The number of hydrogen-bond donors (Lipinski definition) is 2. The van der Waals surface area contributed by atoms with Gasteiger partial charge >= 0.3 is 0 Å². The zero-order valence-electron chi connectivity index (χ0n) is 9.74. The number of rotatable bonds is 4. The van der Waals surface area contributed by atoms with E-state index in [9.17, 15) is 8.78 Å². The van der Waals surface area contributed by atoms with Gasteiger partial charge in [-0.1, -0.05) is 24.3 Å². The molecule has 94 valence electrons. The van der Waals surface area contributed by atoms with Crippen LogP contribution in [0.4, 0.5) is 8.78 Å². The highest BCUT2D eigenvalue weighted by Crippen LogP contribution is 2.18. The lowest BCUT2D eigenvalue weighted by molar-refractivity contribution is 0.548. The molecule has 0 spiro atoms. The van der Waals surface area contributed by atoms with E-state index in [0.717, 1.165) is 11.1 Å². The van der Waals surface area contributed by atoms with Gasteiger partial charge in [-0.3, -0.25) is 11.3 Å². The SMILES string of the molecule is NNC(Cc1ccc(F)cc1)c1ccc(F)cc1. The third-order valence-electron chi connectivity index (χ3n) is 2.83. The third kappa shape index (κ3) is 3.12. The molecule has 18 heavy (non-hydrogen) atoms. The van der Waals surface area contributed by atoms with Crippen molar-refractivity contribution in [3.8, 4) is 0 Å². The Labute approximate surface area is 104 Å². The number of nitrogens with two attached hydrogens (primary N) is 1. The average Bonchev–Trinajstić information content (AvgIpc) is 2.39. The molecule has 1 atom stereocenters. The highest BCUT2D eigenvalue weighted by atomic mass is 19.1. The standard InChI is InChI=1S/C14H14F2N2/c15-12-5-1-10(2-6-12)9-14(18-17)11-3-7-13(16)8-4-11/h1-8,14,18H,9,17H2. The quantitative estimate of drug-likeness (QED) is 0.645. The molecule has 0 bridgehead atoms. The van der Waals surface area contributed by atoms with Crippen molar-refractivity contribution < 1.29 is 8.78 Å². The first-order valence-corrected chi connectivity index (χ1v) is 5.65. The van der Waals surface area contributed by atoms with Crippen molar-refractivity contribution in [3.63, 3.8) is 0 Å². The molecule has 0 aliphatic rings. The fourth-order valence-electron chi connectivity index (χ4n) is 1.82. The Hall–Kier alpha value is -1.78. The van der Waals surface area contributed by atoms with Gasteiger partial charge in [0.05, 0.1) is 0 Å². The molecule has 0 heterocycles. The Kier molecular flexibility index (Phi) is 4.02. The Morgan fingerprint density at radius 3 is 1.89 bits per heavy atom. The van der Waals surface area contributed by atoms with Gasteiger partial charge in [0.15, 0.2) is 0 Å². The van der Waals surface area contributed by atoms with E-state index in [1.807, 2.05) is 0 Å². The second-order valence-electron chi connectivity index (χ2n) is 4.10. The van der Waals surface area contributed by atoms with Crippen molar-refractivity contribution in [3.05, 3.63) is 71.3 Å². The fraction of sp³-hybridized carbons (Fsp3) is 0.143. The fourth-order valence-corrected chi connectivity index (χ4v) is 1.82. The maximum atomic E-state index is 12.8. The summed E-state index contributed by atoms with van der Waals surface area (Å²) in [7, 11) is 0. The smallest absolute Gasteiger partial charge is 0.123 e. The van der Waals surface area contributed by atoms with Crippen molar-refractivity contribution >= 4 is 0 Å². The molecule has 2 rings (SSSR count). The topological polar surface area (TPSA) is 38.0 Å². The normalized spacial score (nSPS) is 12.4. The maximum absolute atomic E-state index is 12.8. The minimum absolute atomic E-state index is 0.129. The first-order chi connectivity index (χ1) is 8.69. The number of benzene rings is 2. The number of hydrazine groups is 1. The molecule has 0 saturated carbocycles. The Morgan fingerprint density at radius 2 is 1.39 bits per heavy atom. The molecule has 0 saturated heterocycles. The van der Waals surface area contributed by atoms with Gasteiger partial charge in [-0.2, -0.15) is 0 Å². The lowest BCUT2D eigenvalue weighted by Gasteiger charge is -2.16. The molecule has 4 heteroatoms. The van der Waals surface area contributed by atoms with Gasteiger partial charge in [0.25, 0.3) is 0 Å². The molecule has 0 aliphatic heterocycles. The van der Waals surface area contributed by atoms with E-state index in [-0.39, 0.29) is 17.7 Å². The summed E-state index contributed by atoms with van der Waals surface area (Å²) in [4.78, 5) is 0. The Morgan fingerprint density at radius 1 is 0.889 bits per heavy atom. The molecule has 0 aliphatic carbocycles. The lowest BCUT2D eigenvalue weighted by atomic mass is 9.99. The van der Waals surface area contributed by atoms with Crippen molar-refractivity contribution in [1.82, 2.24) is 5.43 Å². The van der Waals surface area contributed by atoms with Crippen molar-refractivity contribution in [2.75, 3.05) is 0 Å². The van der Waals surface area contributed by atoms with Crippen LogP contribution in [0.5, 0.6) is 0 Å². The molecule has 0 amide bonds. The van der Waals surface area contributed by atoms with E-state index in [4.69, 9.17) is 5.84 Å². The highest BCUT2D eigenvalue weighted by Gasteiger charge is 2.10. The van der Waals surface area contributed by atoms with Crippen LogP contribution in [0.1, 0.15) is 17.2 Å². The molecule has 0 fully saturated rings. The van der Waals surface area contributed by atoms with Crippen LogP contribution in [0.2, 0.25) is 0 Å². The summed E-state index contributed by atoms with van der Waals surface area (Å²) in [6, 6.07) is 12.3. The zero-order valence-corrected chi connectivity index (χ0v) is 9.74. The van der Waals surface area contributed by atoms with E-state index in [1.54, 1.807) is 24.3 Å². The van der Waals surface area contributed by atoms with Crippen molar-refractivity contribution in [1.29, 1.82) is 0 Å². The molecule has 0 aromatic heterocycles. The van der Waals surface area contributed by atoms with E-state index in [1.165, 1.54) is 24.3 Å². The summed E-state index contributed by atoms with van der Waals surface area (Å²) < 4.78 is 25.6. The van der Waals surface area contributed by atoms with E-state index in [2.05, 4.69) is 5.43 Å². The average molecular weight is 248 g/mol. The van der Waals surface area contributed by atoms with Crippen molar-refractivity contribution in [2.24, 2.45) is 5.84 Å². The molecule has 3 N–H and O–H groups in total. The predicted molar refractivity (Wildman–Crippen MR) is 66.6 cm³/mol. The van der Waals surface area contributed by atoms with Gasteiger partial charge in [-0.05, 0) is 41.8 Å². The van der Waals surface area contributed by atoms with E-state index >= 15 is 0 Å². The van der Waals surface area contributed by atoms with Crippen LogP contribution < -0.4 is 11.3 Å². The summed E-state index contributed by atoms with van der Waals surface area (Å²) in [6.45, 7) is 0. The van der Waals surface area contributed by atoms with Crippen LogP contribution >= 0.6 is 0 Å². The minimum atomic E-state index is -0.281. The molecule has 2 aromatic rings. The van der Waals surface area contributed by atoms with Gasteiger partial charge in [-0.25, -0.2) is 8.78 Å². The largest absolute Gasteiger partial charge is 0.271 e. The molecular formula is C14H14F2N2.